The fourth-order valence-corrected chi connectivity index (χ4v) is 1.18. The molecule has 0 radical (unpaired) electrons. The second-order valence-electron chi connectivity index (χ2n) is 3.00. The fraction of sp³-hybridized carbons (Fsp3) is 0.364. The summed E-state index contributed by atoms with van der Waals surface area (Å²) < 4.78 is 0. The Morgan fingerprint density at radius 3 is 2.54 bits per heavy atom. The Kier molecular flexibility index (Phi) is 3.84. The molecule has 0 saturated heterocycles. The summed E-state index contributed by atoms with van der Waals surface area (Å²) in [6.45, 7) is 2.17. The van der Waals surface area contributed by atoms with Crippen LogP contribution in [0.3, 0.4) is 0 Å². The second kappa shape index (κ2) is 5.21. The molecule has 0 unspecified atom stereocenters. The van der Waals surface area contributed by atoms with E-state index < -0.39 is 0 Å². The SMILES string of the molecule is CCCCc1ccc(C#[N+][O-])cc1. The highest BCUT2D eigenvalue weighted by Crippen LogP contribution is 2.06. The molecule has 2 heteroatoms. The Morgan fingerprint density at radius 1 is 1.31 bits per heavy atom. The maximum atomic E-state index is 9.87. The summed E-state index contributed by atoms with van der Waals surface area (Å²) >= 11 is 0. The predicted molar refractivity (Wildman–Crippen MR) is 54.8 cm³/mol. The molecule has 0 fully saturated rings. The summed E-state index contributed by atoms with van der Waals surface area (Å²) in [4.78, 5) is 0. The number of benzene rings is 1. The van der Waals surface area contributed by atoms with E-state index in [1.807, 2.05) is 24.3 Å². The van der Waals surface area contributed by atoms with Crippen LogP contribution >= 0.6 is 0 Å². The van der Waals surface area contributed by atoms with Gasteiger partial charge >= 0.3 is 6.07 Å². The zero-order valence-electron chi connectivity index (χ0n) is 7.79. The van der Waals surface area contributed by atoms with Crippen molar-refractivity contribution in [2.75, 3.05) is 0 Å². The normalized spacial score (nSPS) is 9.00. The molecule has 0 atom stereocenters. The van der Waals surface area contributed by atoms with Crippen molar-refractivity contribution in [1.82, 2.24) is 0 Å². The lowest BCUT2D eigenvalue weighted by Crippen LogP contribution is -1.84. The standard InChI is InChI=1S/C11H13NO/c1-2-3-4-10-5-7-11(8-6-10)9-12-13/h5-8H,2-4H2,1H3. The maximum Gasteiger partial charge on any atom is 0.336 e. The molecule has 0 saturated carbocycles. The molecular weight excluding hydrogens is 162 g/mol. The third-order valence-corrected chi connectivity index (χ3v) is 1.95. The molecule has 0 aliphatic carbocycles. The first kappa shape index (κ1) is 9.60. The first-order valence-electron chi connectivity index (χ1n) is 4.54. The molecule has 0 N–H and O–H groups in total. The zero-order valence-corrected chi connectivity index (χ0v) is 7.79. The second-order valence-corrected chi connectivity index (χ2v) is 3.00. The van der Waals surface area contributed by atoms with E-state index in [4.69, 9.17) is 0 Å². The van der Waals surface area contributed by atoms with Crippen molar-refractivity contribution in [3.63, 3.8) is 0 Å². The van der Waals surface area contributed by atoms with Crippen LogP contribution in [0.15, 0.2) is 24.3 Å². The van der Waals surface area contributed by atoms with Crippen molar-refractivity contribution in [3.05, 3.63) is 45.6 Å². The molecule has 1 rings (SSSR count). The van der Waals surface area contributed by atoms with Crippen molar-refractivity contribution in [2.45, 2.75) is 26.2 Å². The van der Waals surface area contributed by atoms with Gasteiger partial charge in [-0.3, -0.25) is 0 Å². The van der Waals surface area contributed by atoms with Crippen LogP contribution in [0.25, 0.3) is 5.01 Å². The molecule has 0 aliphatic rings. The molecule has 2 nitrogen and oxygen atoms in total. The van der Waals surface area contributed by atoms with Gasteiger partial charge < -0.3 is 5.21 Å². The molecule has 0 aliphatic heterocycles. The minimum atomic E-state index is 0.746. The van der Waals surface area contributed by atoms with E-state index in [0.29, 0.717) is 0 Å². The molecule has 13 heavy (non-hydrogen) atoms. The van der Waals surface area contributed by atoms with Crippen LogP contribution in [-0.4, -0.2) is 0 Å². The highest BCUT2D eigenvalue weighted by Gasteiger charge is 1.95. The smallest absolute Gasteiger partial charge is 0.336 e. The number of aryl methyl sites for hydroxylation is 1. The van der Waals surface area contributed by atoms with Gasteiger partial charge in [0.1, 0.15) is 5.56 Å². The summed E-state index contributed by atoms with van der Waals surface area (Å²) in [6.07, 6.45) is 3.51. The molecule has 0 aromatic heterocycles. The summed E-state index contributed by atoms with van der Waals surface area (Å²) in [5.41, 5.74) is 2.05. The number of unbranched alkanes of at least 4 members (excludes halogenated alkanes) is 1. The lowest BCUT2D eigenvalue weighted by atomic mass is 10.1. The largest absolute Gasteiger partial charge is 0.498 e. The lowest BCUT2D eigenvalue weighted by molar-refractivity contribution is 0.795. The maximum absolute atomic E-state index is 9.87. The first-order chi connectivity index (χ1) is 6.36. The van der Waals surface area contributed by atoms with Gasteiger partial charge in [-0.2, -0.15) is 0 Å². The third kappa shape index (κ3) is 3.16. The van der Waals surface area contributed by atoms with Gasteiger partial charge in [0.15, 0.2) is 0 Å². The Balaban J connectivity index is 2.62. The summed E-state index contributed by atoms with van der Waals surface area (Å²) in [7, 11) is 0. The predicted octanol–water partition coefficient (Wildman–Crippen LogP) is 3.21. The molecule has 0 spiro atoms. The van der Waals surface area contributed by atoms with Gasteiger partial charge in [0.05, 0.1) is 0 Å². The van der Waals surface area contributed by atoms with Crippen molar-refractivity contribution in [3.8, 4) is 6.07 Å². The fourth-order valence-electron chi connectivity index (χ4n) is 1.18. The summed E-state index contributed by atoms with van der Waals surface area (Å²) in [5.74, 6) is 0. The average Bonchev–Trinajstić information content (AvgIpc) is 2.17. The summed E-state index contributed by atoms with van der Waals surface area (Å²) in [5, 5.41) is 12.5. The van der Waals surface area contributed by atoms with Gasteiger partial charge in [-0.15, -0.1) is 0 Å². The minimum Gasteiger partial charge on any atom is -0.498 e. The molecule has 0 heterocycles. The Morgan fingerprint density at radius 2 is 2.00 bits per heavy atom. The highest BCUT2D eigenvalue weighted by molar-refractivity contribution is 5.34. The molecular formula is C11H13NO. The number of hydrogen-bond acceptors (Lipinski definition) is 1. The van der Waals surface area contributed by atoms with Crippen LogP contribution in [-0.2, 0) is 6.42 Å². The van der Waals surface area contributed by atoms with E-state index >= 15 is 0 Å². The van der Waals surface area contributed by atoms with Crippen molar-refractivity contribution in [2.24, 2.45) is 0 Å². The van der Waals surface area contributed by atoms with E-state index in [1.54, 1.807) is 0 Å². The molecule has 0 bridgehead atoms. The van der Waals surface area contributed by atoms with Crippen LogP contribution < -0.4 is 0 Å². The molecule has 0 amide bonds. The lowest BCUT2D eigenvalue weighted by Gasteiger charge is -1.97. The van der Waals surface area contributed by atoms with Crippen molar-refractivity contribution < 1.29 is 0 Å². The average molecular weight is 175 g/mol. The van der Waals surface area contributed by atoms with Crippen molar-refractivity contribution in [1.29, 1.82) is 0 Å². The quantitative estimate of drug-likeness (QED) is 0.648. The van der Waals surface area contributed by atoms with Crippen LogP contribution in [0.4, 0.5) is 0 Å². The van der Waals surface area contributed by atoms with Gasteiger partial charge in [-0.1, -0.05) is 25.5 Å². The summed E-state index contributed by atoms with van der Waals surface area (Å²) in [6, 6.07) is 10.1. The Labute approximate surface area is 78.6 Å². The van der Waals surface area contributed by atoms with Gasteiger partial charge in [-0.25, -0.2) is 0 Å². The number of nitrogens with zero attached hydrogens (tertiary/aromatic N) is 1. The minimum absolute atomic E-state index is 0.746. The van der Waals surface area contributed by atoms with E-state index in [2.05, 4.69) is 18.0 Å². The van der Waals surface area contributed by atoms with Crippen LogP contribution in [0.2, 0.25) is 0 Å². The Bertz CT molecular complexity index is 305. The highest BCUT2D eigenvalue weighted by atomic mass is 16.4. The molecule has 1 aromatic rings. The van der Waals surface area contributed by atoms with Crippen molar-refractivity contribution >= 4 is 0 Å². The number of hydrogen-bond donors (Lipinski definition) is 0. The van der Waals surface area contributed by atoms with Crippen LogP contribution in [0.5, 0.6) is 0 Å². The third-order valence-electron chi connectivity index (χ3n) is 1.95. The zero-order chi connectivity index (χ0) is 9.52. The monoisotopic (exact) mass is 175 g/mol. The van der Waals surface area contributed by atoms with E-state index in [9.17, 15) is 5.21 Å². The van der Waals surface area contributed by atoms with Gasteiger partial charge in [0.25, 0.3) is 0 Å². The van der Waals surface area contributed by atoms with E-state index in [-0.39, 0.29) is 0 Å². The Hall–Kier alpha value is -1.49. The topological polar surface area (TPSA) is 27.4 Å². The molecule has 1 aromatic carbocycles. The van der Waals surface area contributed by atoms with Gasteiger partial charge in [-0.05, 0) is 30.5 Å². The van der Waals surface area contributed by atoms with Gasteiger partial charge in [0.2, 0.25) is 0 Å². The van der Waals surface area contributed by atoms with E-state index in [0.717, 1.165) is 12.0 Å². The first-order valence-corrected chi connectivity index (χ1v) is 4.54. The van der Waals surface area contributed by atoms with E-state index in [1.165, 1.54) is 18.4 Å². The number of rotatable bonds is 3. The van der Waals surface area contributed by atoms with Crippen LogP contribution in [0, 0.1) is 11.3 Å². The molecule has 68 valence electrons. The van der Waals surface area contributed by atoms with Crippen LogP contribution in [0.1, 0.15) is 30.9 Å². The van der Waals surface area contributed by atoms with Gasteiger partial charge in [0, 0.05) is 5.01 Å².